The lowest BCUT2D eigenvalue weighted by Gasteiger charge is -2.59. The van der Waals surface area contributed by atoms with Gasteiger partial charge in [0.15, 0.2) is 0 Å². The molecule has 1 unspecified atom stereocenters. The Hall–Kier alpha value is -0.290. The second-order valence-electron chi connectivity index (χ2n) is 8.20. The van der Waals surface area contributed by atoms with Crippen molar-refractivity contribution in [2.75, 3.05) is 0 Å². The van der Waals surface area contributed by atoms with Crippen LogP contribution >= 0.6 is 23.2 Å². The van der Waals surface area contributed by atoms with Crippen molar-refractivity contribution in [3.63, 3.8) is 0 Å². The van der Waals surface area contributed by atoms with Crippen LogP contribution in [0.3, 0.4) is 0 Å². The average molecular weight is 388 g/mol. The molecule has 4 fully saturated rings. The summed E-state index contributed by atoms with van der Waals surface area (Å²) in [6.07, 6.45) is 7.51. The van der Waals surface area contributed by atoms with Crippen molar-refractivity contribution in [3.05, 3.63) is 28.2 Å². The molecule has 4 saturated carbocycles. The molecule has 24 heavy (non-hydrogen) atoms. The van der Waals surface area contributed by atoms with Gasteiger partial charge in [0.1, 0.15) is 4.90 Å². The first-order valence-corrected chi connectivity index (χ1v) is 11.0. The molecule has 1 aromatic rings. The first-order chi connectivity index (χ1) is 11.3. The van der Waals surface area contributed by atoms with E-state index in [2.05, 4.69) is 4.72 Å². The van der Waals surface area contributed by atoms with Gasteiger partial charge in [0.05, 0.1) is 5.02 Å². The number of rotatable bonds is 4. The van der Waals surface area contributed by atoms with Gasteiger partial charge in [-0.1, -0.05) is 23.2 Å². The molecule has 4 aliphatic rings. The summed E-state index contributed by atoms with van der Waals surface area (Å²) in [6.45, 7) is 2.03. The summed E-state index contributed by atoms with van der Waals surface area (Å²) in [7, 11) is -3.67. The fourth-order valence-electron chi connectivity index (χ4n) is 5.81. The smallest absolute Gasteiger partial charge is 0.208 e. The van der Waals surface area contributed by atoms with E-state index < -0.39 is 10.0 Å². The van der Waals surface area contributed by atoms with Crippen LogP contribution in [0, 0.1) is 23.2 Å². The molecule has 5 rings (SSSR count). The first-order valence-electron chi connectivity index (χ1n) is 8.75. The van der Waals surface area contributed by atoms with Crippen molar-refractivity contribution in [2.24, 2.45) is 23.2 Å². The van der Waals surface area contributed by atoms with Crippen molar-refractivity contribution < 1.29 is 8.42 Å². The number of nitrogens with one attached hydrogen (secondary N) is 1. The van der Waals surface area contributed by atoms with Gasteiger partial charge in [0.2, 0.25) is 10.0 Å². The summed E-state index contributed by atoms with van der Waals surface area (Å²) in [5.74, 6) is 2.37. The molecule has 1 atom stereocenters. The summed E-state index contributed by atoms with van der Waals surface area (Å²) in [5, 5.41) is 0.590. The molecule has 6 heteroatoms. The summed E-state index contributed by atoms with van der Waals surface area (Å²) < 4.78 is 28.6. The zero-order chi connectivity index (χ0) is 17.1. The van der Waals surface area contributed by atoms with Crippen LogP contribution in [0.1, 0.15) is 45.4 Å². The highest BCUT2D eigenvalue weighted by molar-refractivity contribution is 7.89. The molecule has 0 spiro atoms. The lowest BCUT2D eigenvalue weighted by Crippen LogP contribution is -2.55. The Morgan fingerprint density at radius 1 is 1.08 bits per heavy atom. The third-order valence-electron chi connectivity index (χ3n) is 6.52. The minimum absolute atomic E-state index is 0.0771. The Morgan fingerprint density at radius 2 is 1.62 bits per heavy atom. The fraction of sp³-hybridized carbons (Fsp3) is 0.667. The third kappa shape index (κ3) is 2.90. The molecular weight excluding hydrogens is 365 g/mol. The standard InChI is InChI=1S/C18H23Cl2NO2S/c1-11(18-8-12-4-13(9-18)6-14(5-12)10-18)21-24(22,23)17-7-15(19)2-3-16(17)20/h2-3,7,11-14,21H,4-6,8-10H2,1H3. The summed E-state index contributed by atoms with van der Waals surface area (Å²) in [6, 6.07) is 4.49. The molecule has 1 aromatic carbocycles. The molecule has 4 bridgehead atoms. The van der Waals surface area contributed by atoms with E-state index in [1.165, 1.54) is 31.4 Å². The predicted molar refractivity (Wildman–Crippen MR) is 96.9 cm³/mol. The molecule has 0 aromatic heterocycles. The van der Waals surface area contributed by atoms with E-state index in [4.69, 9.17) is 23.2 Å². The van der Waals surface area contributed by atoms with Gasteiger partial charge in [-0.2, -0.15) is 0 Å². The minimum Gasteiger partial charge on any atom is -0.208 e. The van der Waals surface area contributed by atoms with Crippen LogP contribution in [0.5, 0.6) is 0 Å². The van der Waals surface area contributed by atoms with Gasteiger partial charge in [-0.3, -0.25) is 0 Å². The van der Waals surface area contributed by atoms with Gasteiger partial charge < -0.3 is 0 Å². The van der Waals surface area contributed by atoms with E-state index in [0.717, 1.165) is 37.0 Å². The van der Waals surface area contributed by atoms with Crippen LogP contribution < -0.4 is 4.72 Å². The van der Waals surface area contributed by atoms with E-state index in [9.17, 15) is 8.42 Å². The quantitative estimate of drug-likeness (QED) is 0.799. The molecule has 0 heterocycles. The van der Waals surface area contributed by atoms with E-state index in [-0.39, 0.29) is 21.4 Å². The molecule has 0 aliphatic heterocycles. The molecular formula is C18H23Cl2NO2S. The van der Waals surface area contributed by atoms with Crippen molar-refractivity contribution >= 4 is 33.2 Å². The van der Waals surface area contributed by atoms with Crippen molar-refractivity contribution in [3.8, 4) is 0 Å². The summed E-state index contributed by atoms with van der Waals surface area (Å²) in [4.78, 5) is 0.0771. The summed E-state index contributed by atoms with van der Waals surface area (Å²) >= 11 is 12.1. The largest absolute Gasteiger partial charge is 0.242 e. The minimum atomic E-state index is -3.67. The Morgan fingerprint density at radius 3 is 2.17 bits per heavy atom. The van der Waals surface area contributed by atoms with Gasteiger partial charge in [0.25, 0.3) is 0 Å². The zero-order valence-corrected chi connectivity index (χ0v) is 16.1. The van der Waals surface area contributed by atoms with E-state index >= 15 is 0 Å². The maximum atomic E-state index is 12.9. The highest BCUT2D eigenvalue weighted by Gasteiger charge is 2.53. The van der Waals surface area contributed by atoms with Crippen molar-refractivity contribution in [1.29, 1.82) is 0 Å². The van der Waals surface area contributed by atoms with Gasteiger partial charge >= 0.3 is 0 Å². The van der Waals surface area contributed by atoms with Crippen LogP contribution in [0.15, 0.2) is 23.1 Å². The van der Waals surface area contributed by atoms with Crippen LogP contribution in [0.4, 0.5) is 0 Å². The lowest BCUT2D eigenvalue weighted by atomic mass is 9.48. The predicted octanol–water partition coefficient (Wildman–Crippen LogP) is 4.88. The maximum absolute atomic E-state index is 12.9. The number of sulfonamides is 1. The molecule has 4 aliphatic carbocycles. The highest BCUT2D eigenvalue weighted by Crippen LogP contribution is 2.61. The lowest BCUT2D eigenvalue weighted by molar-refractivity contribution is -0.0666. The van der Waals surface area contributed by atoms with Crippen LogP contribution in [0.2, 0.25) is 10.0 Å². The van der Waals surface area contributed by atoms with E-state index in [1.54, 1.807) is 6.07 Å². The van der Waals surface area contributed by atoms with Gasteiger partial charge in [-0.15, -0.1) is 0 Å². The van der Waals surface area contributed by atoms with Gasteiger partial charge in [-0.25, -0.2) is 13.1 Å². The Balaban J connectivity index is 1.59. The molecule has 3 nitrogen and oxygen atoms in total. The number of hydrogen-bond donors (Lipinski definition) is 1. The average Bonchev–Trinajstić information content (AvgIpc) is 2.48. The molecule has 0 amide bonds. The Bertz CT molecular complexity index is 727. The van der Waals surface area contributed by atoms with Crippen LogP contribution in [0.25, 0.3) is 0 Å². The number of halogens is 2. The Labute approximate surface area is 154 Å². The van der Waals surface area contributed by atoms with Crippen molar-refractivity contribution in [1.82, 2.24) is 4.72 Å². The maximum Gasteiger partial charge on any atom is 0.242 e. The SMILES string of the molecule is CC(NS(=O)(=O)c1cc(Cl)ccc1Cl)C12CC3CC(CC(C3)C1)C2. The third-order valence-corrected chi connectivity index (χ3v) is 8.78. The molecule has 1 N–H and O–H groups in total. The second kappa shape index (κ2) is 5.87. The number of hydrogen-bond acceptors (Lipinski definition) is 2. The monoisotopic (exact) mass is 387 g/mol. The number of benzene rings is 1. The molecule has 132 valence electrons. The van der Waals surface area contributed by atoms with Gasteiger partial charge in [0, 0.05) is 11.1 Å². The van der Waals surface area contributed by atoms with Crippen LogP contribution in [-0.4, -0.2) is 14.5 Å². The molecule has 0 radical (unpaired) electrons. The normalized spacial score (nSPS) is 36.0. The van der Waals surface area contributed by atoms with Gasteiger partial charge in [-0.05, 0) is 86.8 Å². The fourth-order valence-corrected chi connectivity index (χ4v) is 7.92. The first kappa shape index (κ1) is 17.1. The second-order valence-corrected chi connectivity index (χ2v) is 10.7. The van der Waals surface area contributed by atoms with E-state index in [0.29, 0.717) is 5.02 Å². The topological polar surface area (TPSA) is 46.2 Å². The van der Waals surface area contributed by atoms with Crippen molar-refractivity contribution in [2.45, 2.75) is 56.4 Å². The highest BCUT2D eigenvalue weighted by atomic mass is 35.5. The van der Waals surface area contributed by atoms with E-state index in [1.807, 2.05) is 6.92 Å². The Kier molecular flexibility index (Phi) is 4.19. The van der Waals surface area contributed by atoms with Crippen LogP contribution in [-0.2, 0) is 10.0 Å². The zero-order valence-electron chi connectivity index (χ0n) is 13.8. The summed E-state index contributed by atoms with van der Waals surface area (Å²) in [5.41, 5.74) is 0.118. The molecule has 0 saturated heterocycles.